The third-order valence-electron chi connectivity index (χ3n) is 5.22. The lowest BCUT2D eigenvalue weighted by Gasteiger charge is -2.49. The second-order valence-corrected chi connectivity index (χ2v) is 8.27. The van der Waals surface area contributed by atoms with E-state index in [1.807, 2.05) is 13.8 Å². The summed E-state index contributed by atoms with van der Waals surface area (Å²) < 4.78 is 11.4. The largest absolute Gasteiger partial charge is 0.394 e. The topological polar surface area (TPSA) is 137 Å². The minimum absolute atomic E-state index is 0.166. The van der Waals surface area contributed by atoms with E-state index in [0.717, 1.165) is 0 Å². The van der Waals surface area contributed by atoms with Crippen LogP contribution in [0.4, 0.5) is 0 Å². The van der Waals surface area contributed by atoms with E-state index >= 15 is 0 Å². The zero-order valence-electron chi connectivity index (χ0n) is 16.1. The predicted octanol–water partition coefficient (Wildman–Crippen LogP) is -0.587. The van der Waals surface area contributed by atoms with Gasteiger partial charge in [-0.25, -0.2) is 0 Å². The number of ether oxygens (including phenoxy) is 2. The molecule has 0 bridgehead atoms. The molecule has 7 atom stereocenters. The fourth-order valence-electron chi connectivity index (χ4n) is 4.08. The summed E-state index contributed by atoms with van der Waals surface area (Å²) in [6.07, 6.45) is -5.85. The lowest BCUT2D eigenvalue weighted by Crippen LogP contribution is -2.61. The van der Waals surface area contributed by atoms with E-state index in [-0.39, 0.29) is 12.2 Å². The first-order chi connectivity index (χ1) is 12.4. The van der Waals surface area contributed by atoms with E-state index in [4.69, 9.17) is 9.47 Å². The molecule has 1 aliphatic carbocycles. The van der Waals surface area contributed by atoms with Gasteiger partial charge in [-0.2, -0.15) is 0 Å². The molecule has 5 N–H and O–H groups in total. The summed E-state index contributed by atoms with van der Waals surface area (Å²) >= 11 is 0. The van der Waals surface area contributed by atoms with Gasteiger partial charge in [-0.05, 0) is 25.7 Å². The van der Waals surface area contributed by atoms with Crippen molar-refractivity contribution < 1.29 is 39.8 Å². The minimum Gasteiger partial charge on any atom is -0.394 e. The van der Waals surface area contributed by atoms with Gasteiger partial charge >= 0.3 is 0 Å². The van der Waals surface area contributed by atoms with Crippen molar-refractivity contribution >= 4 is 5.78 Å². The van der Waals surface area contributed by atoms with Gasteiger partial charge in [0.15, 0.2) is 12.1 Å². The molecule has 2 aliphatic rings. The molecule has 0 aromatic rings. The van der Waals surface area contributed by atoms with E-state index in [9.17, 15) is 30.3 Å². The standard InChI is InChI=1S/C19H30O8/c1-10(21)5-6-13-18(2,3)7-11(22)8-19(13,4)27-17-16(25)15(24)14(23)12(9-20)26-17/h5,11-12,14-17,20,22-25H,7-9H2,1-4H3/t6?,11-,12-,14-,15+,16-,17+,19+/m1/s1. The number of hydrogen-bond acceptors (Lipinski definition) is 8. The van der Waals surface area contributed by atoms with Crippen LogP contribution in [0.25, 0.3) is 0 Å². The number of carbonyl (C=O) groups is 1. The third-order valence-corrected chi connectivity index (χ3v) is 5.22. The van der Waals surface area contributed by atoms with Crippen molar-refractivity contribution in [3.8, 4) is 0 Å². The molecule has 154 valence electrons. The number of carbonyl (C=O) groups excluding carboxylic acids is 1. The highest BCUT2D eigenvalue weighted by Gasteiger charge is 2.51. The first-order valence-electron chi connectivity index (χ1n) is 9.06. The first-order valence-corrected chi connectivity index (χ1v) is 9.06. The van der Waals surface area contributed by atoms with Gasteiger partial charge in [-0.15, -0.1) is 5.73 Å². The van der Waals surface area contributed by atoms with E-state index in [0.29, 0.717) is 12.0 Å². The Morgan fingerprint density at radius 2 is 1.81 bits per heavy atom. The number of hydrogen-bond donors (Lipinski definition) is 5. The first kappa shape index (κ1) is 22.2. The molecule has 1 saturated carbocycles. The smallest absolute Gasteiger partial charge is 0.187 e. The molecule has 0 unspecified atom stereocenters. The number of ketones is 1. The van der Waals surface area contributed by atoms with Crippen LogP contribution in [0, 0.1) is 5.41 Å². The van der Waals surface area contributed by atoms with Gasteiger partial charge in [0, 0.05) is 18.1 Å². The van der Waals surface area contributed by atoms with Crippen LogP contribution in [0.3, 0.4) is 0 Å². The van der Waals surface area contributed by atoms with Crippen molar-refractivity contribution in [2.24, 2.45) is 5.41 Å². The third kappa shape index (κ3) is 4.67. The molecule has 1 saturated heterocycles. The fraction of sp³-hybridized carbons (Fsp3) is 0.789. The Hall–Kier alpha value is -1.09. The Bertz CT molecular complexity index is 621. The van der Waals surface area contributed by atoms with Crippen molar-refractivity contribution in [2.75, 3.05) is 6.61 Å². The normalized spacial score (nSPS) is 41.7. The Kier molecular flexibility index (Phi) is 6.67. The molecule has 27 heavy (non-hydrogen) atoms. The summed E-state index contributed by atoms with van der Waals surface area (Å²) in [5.74, 6) is -0.195. The highest BCUT2D eigenvalue weighted by atomic mass is 16.7. The highest BCUT2D eigenvalue weighted by molar-refractivity contribution is 5.87. The van der Waals surface area contributed by atoms with Gasteiger partial charge in [0.05, 0.1) is 18.3 Å². The van der Waals surface area contributed by atoms with Crippen LogP contribution in [0.1, 0.15) is 40.5 Å². The van der Waals surface area contributed by atoms with Crippen molar-refractivity contribution in [1.29, 1.82) is 0 Å². The summed E-state index contributed by atoms with van der Waals surface area (Å²) in [6.45, 7) is 6.30. The molecule has 0 aromatic heterocycles. The Balaban J connectivity index is 2.40. The molecule has 1 heterocycles. The Morgan fingerprint density at radius 3 is 2.37 bits per heavy atom. The molecule has 0 amide bonds. The average Bonchev–Trinajstić information content (AvgIpc) is 2.53. The van der Waals surface area contributed by atoms with E-state index in [1.165, 1.54) is 13.0 Å². The van der Waals surface area contributed by atoms with Crippen LogP contribution in [0.5, 0.6) is 0 Å². The van der Waals surface area contributed by atoms with Gasteiger partial charge in [0.25, 0.3) is 0 Å². The van der Waals surface area contributed by atoms with Gasteiger partial charge in [0.1, 0.15) is 24.4 Å². The summed E-state index contributed by atoms with van der Waals surface area (Å²) in [5.41, 5.74) is 1.90. The summed E-state index contributed by atoms with van der Waals surface area (Å²) in [4.78, 5) is 11.4. The highest BCUT2D eigenvalue weighted by Crippen LogP contribution is 2.48. The van der Waals surface area contributed by atoms with Gasteiger partial charge in [0.2, 0.25) is 0 Å². The second-order valence-electron chi connectivity index (χ2n) is 8.27. The molecule has 2 rings (SSSR count). The maximum Gasteiger partial charge on any atom is 0.187 e. The molecular weight excluding hydrogens is 356 g/mol. The number of aliphatic hydroxyl groups is 5. The number of aliphatic hydroxyl groups excluding tert-OH is 5. The van der Waals surface area contributed by atoms with Crippen LogP contribution < -0.4 is 0 Å². The molecule has 1 aliphatic heterocycles. The molecule has 2 fully saturated rings. The van der Waals surface area contributed by atoms with Crippen molar-refractivity contribution in [3.05, 3.63) is 17.4 Å². The van der Waals surface area contributed by atoms with Crippen molar-refractivity contribution in [3.63, 3.8) is 0 Å². The van der Waals surface area contributed by atoms with Crippen LogP contribution >= 0.6 is 0 Å². The summed E-state index contributed by atoms with van der Waals surface area (Å²) in [7, 11) is 0. The van der Waals surface area contributed by atoms with Crippen LogP contribution in [-0.2, 0) is 14.3 Å². The van der Waals surface area contributed by atoms with Crippen LogP contribution in [-0.4, -0.2) is 80.3 Å². The zero-order valence-corrected chi connectivity index (χ0v) is 16.1. The maximum absolute atomic E-state index is 11.4. The van der Waals surface area contributed by atoms with Crippen molar-refractivity contribution in [1.82, 2.24) is 0 Å². The van der Waals surface area contributed by atoms with Gasteiger partial charge in [-0.3, -0.25) is 4.79 Å². The number of rotatable bonds is 4. The fourth-order valence-corrected chi connectivity index (χ4v) is 4.08. The minimum atomic E-state index is -1.56. The quantitative estimate of drug-likeness (QED) is 0.320. The lowest BCUT2D eigenvalue weighted by molar-refractivity contribution is -0.325. The zero-order chi connectivity index (χ0) is 20.6. The van der Waals surface area contributed by atoms with E-state index in [1.54, 1.807) is 6.92 Å². The molecule has 8 nitrogen and oxygen atoms in total. The molecule has 0 radical (unpaired) electrons. The van der Waals surface area contributed by atoms with Crippen molar-refractivity contribution in [2.45, 2.75) is 82.9 Å². The molecular formula is C19H30O8. The van der Waals surface area contributed by atoms with Gasteiger partial charge in [-0.1, -0.05) is 13.8 Å². The SMILES string of the molecule is CC(=O)C=C=C1C(C)(C)C[C@@H](O)C[C@]1(C)O[C@@H]1O[C@H](CO)[C@@H](O)[C@H](O)[C@H]1O. The summed E-state index contributed by atoms with van der Waals surface area (Å²) in [5, 5.41) is 49.8. The Labute approximate surface area is 158 Å². The van der Waals surface area contributed by atoms with Gasteiger partial charge < -0.3 is 35.0 Å². The average molecular weight is 386 g/mol. The van der Waals surface area contributed by atoms with E-state index in [2.05, 4.69) is 5.73 Å². The predicted molar refractivity (Wildman–Crippen MR) is 94.6 cm³/mol. The molecule has 0 spiro atoms. The second kappa shape index (κ2) is 8.11. The maximum atomic E-state index is 11.4. The lowest BCUT2D eigenvalue weighted by atomic mass is 9.65. The van der Waals surface area contributed by atoms with Crippen LogP contribution in [0.15, 0.2) is 17.4 Å². The van der Waals surface area contributed by atoms with Crippen LogP contribution in [0.2, 0.25) is 0 Å². The molecule has 8 heteroatoms. The van der Waals surface area contributed by atoms with E-state index < -0.39 is 54.4 Å². The molecule has 0 aromatic carbocycles. The summed E-state index contributed by atoms with van der Waals surface area (Å²) in [6, 6.07) is 0. The monoisotopic (exact) mass is 386 g/mol. The Morgan fingerprint density at radius 1 is 1.19 bits per heavy atom.